The molecular formula is C13H15N3O3. The fraction of sp³-hybridized carbons (Fsp3) is 0.231. The van der Waals surface area contributed by atoms with E-state index in [0.717, 1.165) is 16.9 Å². The second kappa shape index (κ2) is 5.90. The molecule has 0 aliphatic rings. The molecule has 2 N–H and O–H groups in total. The van der Waals surface area contributed by atoms with Gasteiger partial charge in [0.2, 0.25) is 0 Å². The second-order valence-electron chi connectivity index (χ2n) is 4.00. The first-order valence-corrected chi connectivity index (χ1v) is 5.76. The van der Waals surface area contributed by atoms with E-state index in [1.165, 1.54) is 12.5 Å². The Balaban J connectivity index is 1.91. The molecule has 2 rings (SSSR count). The van der Waals surface area contributed by atoms with Gasteiger partial charge < -0.3 is 14.5 Å². The van der Waals surface area contributed by atoms with E-state index in [2.05, 4.69) is 15.6 Å². The van der Waals surface area contributed by atoms with Gasteiger partial charge in [0.1, 0.15) is 12.0 Å². The highest BCUT2D eigenvalue weighted by atomic mass is 16.5. The summed E-state index contributed by atoms with van der Waals surface area (Å²) < 4.78 is 10.1. The molecule has 6 nitrogen and oxygen atoms in total. The van der Waals surface area contributed by atoms with Crippen LogP contribution in [0.1, 0.15) is 11.1 Å². The van der Waals surface area contributed by atoms with Gasteiger partial charge in [-0.3, -0.25) is 5.32 Å². The fourth-order valence-corrected chi connectivity index (χ4v) is 1.65. The molecule has 1 heterocycles. The van der Waals surface area contributed by atoms with Gasteiger partial charge in [0.25, 0.3) is 0 Å². The van der Waals surface area contributed by atoms with Crippen molar-refractivity contribution in [3.8, 4) is 5.75 Å². The molecule has 6 heteroatoms. The normalized spacial score (nSPS) is 10.0. The molecule has 0 bridgehead atoms. The molecule has 0 saturated carbocycles. The largest absolute Gasteiger partial charge is 0.497 e. The smallest absolute Gasteiger partial charge is 0.323 e. The second-order valence-corrected chi connectivity index (χ2v) is 4.00. The first-order chi connectivity index (χ1) is 9.17. The van der Waals surface area contributed by atoms with E-state index in [9.17, 15) is 4.79 Å². The highest BCUT2D eigenvalue weighted by molar-refractivity contribution is 5.86. The summed E-state index contributed by atoms with van der Waals surface area (Å²) in [7, 11) is 1.61. The Morgan fingerprint density at radius 2 is 2.26 bits per heavy atom. The van der Waals surface area contributed by atoms with Crippen LogP contribution in [0.15, 0.2) is 35.1 Å². The Morgan fingerprint density at radius 3 is 2.95 bits per heavy atom. The summed E-state index contributed by atoms with van der Waals surface area (Å²) in [6.45, 7) is 2.36. The molecule has 0 fully saturated rings. The average Bonchev–Trinajstić information content (AvgIpc) is 2.88. The van der Waals surface area contributed by atoms with Crippen LogP contribution in [0.5, 0.6) is 5.75 Å². The summed E-state index contributed by atoms with van der Waals surface area (Å²) in [4.78, 5) is 15.4. The van der Waals surface area contributed by atoms with Crippen LogP contribution in [0.3, 0.4) is 0 Å². The third-order valence-corrected chi connectivity index (χ3v) is 2.45. The molecule has 100 valence electrons. The van der Waals surface area contributed by atoms with Crippen LogP contribution in [0.4, 0.5) is 10.8 Å². The van der Waals surface area contributed by atoms with Crippen LogP contribution in [0.25, 0.3) is 0 Å². The number of amides is 2. The number of hydrogen-bond acceptors (Lipinski definition) is 4. The van der Waals surface area contributed by atoms with Gasteiger partial charge in [0, 0.05) is 6.54 Å². The number of nitrogens with zero attached hydrogens (tertiary/aromatic N) is 1. The quantitative estimate of drug-likeness (QED) is 0.885. The number of hydrogen-bond donors (Lipinski definition) is 2. The van der Waals surface area contributed by atoms with Gasteiger partial charge in [-0.2, -0.15) is 0 Å². The number of urea groups is 1. The molecular weight excluding hydrogens is 246 g/mol. The van der Waals surface area contributed by atoms with Crippen molar-refractivity contribution in [1.82, 2.24) is 10.3 Å². The minimum atomic E-state index is -0.372. The van der Waals surface area contributed by atoms with Crippen LogP contribution < -0.4 is 15.4 Å². The van der Waals surface area contributed by atoms with Crippen molar-refractivity contribution in [3.05, 3.63) is 41.8 Å². The zero-order chi connectivity index (χ0) is 13.7. The van der Waals surface area contributed by atoms with E-state index in [0.29, 0.717) is 6.54 Å². The zero-order valence-corrected chi connectivity index (χ0v) is 10.8. The molecule has 2 aromatic rings. The number of carbonyl (C=O) groups is 1. The van der Waals surface area contributed by atoms with E-state index >= 15 is 0 Å². The van der Waals surface area contributed by atoms with Crippen LogP contribution >= 0.6 is 0 Å². The van der Waals surface area contributed by atoms with Crippen molar-refractivity contribution < 1.29 is 13.9 Å². The third-order valence-electron chi connectivity index (χ3n) is 2.45. The topological polar surface area (TPSA) is 76.4 Å². The summed E-state index contributed by atoms with van der Waals surface area (Å²) >= 11 is 0. The number of benzene rings is 1. The molecule has 0 atom stereocenters. The van der Waals surface area contributed by atoms with Gasteiger partial charge in [0.15, 0.2) is 0 Å². The molecule has 0 unspecified atom stereocenters. The first-order valence-electron chi connectivity index (χ1n) is 5.76. The monoisotopic (exact) mass is 261 g/mol. The summed E-state index contributed by atoms with van der Waals surface area (Å²) in [5, 5.41) is 5.19. The molecule has 0 aliphatic heterocycles. The summed E-state index contributed by atoms with van der Waals surface area (Å²) in [6.07, 6.45) is 2.85. The van der Waals surface area contributed by atoms with E-state index in [-0.39, 0.29) is 12.0 Å². The van der Waals surface area contributed by atoms with Gasteiger partial charge in [0.05, 0.1) is 13.3 Å². The number of oxazole rings is 1. The highest BCUT2D eigenvalue weighted by Gasteiger charge is 2.05. The van der Waals surface area contributed by atoms with E-state index in [1.807, 2.05) is 25.1 Å². The lowest BCUT2D eigenvalue weighted by Crippen LogP contribution is -2.28. The van der Waals surface area contributed by atoms with Crippen LogP contribution in [0, 0.1) is 6.92 Å². The molecule has 19 heavy (non-hydrogen) atoms. The fourth-order valence-electron chi connectivity index (χ4n) is 1.65. The molecule has 0 saturated heterocycles. The maximum atomic E-state index is 11.6. The Kier molecular flexibility index (Phi) is 4.02. The van der Waals surface area contributed by atoms with E-state index in [4.69, 9.17) is 9.15 Å². The number of anilines is 1. The standard InChI is InChI=1S/C13H15N3O3/c1-9-5-10(7-11(6-9)18-2)8-15-12(17)16-13-14-3-4-19-13/h3-7H,8H2,1-2H3,(H2,14,15,16,17). The molecule has 0 radical (unpaired) electrons. The van der Waals surface area contributed by atoms with Crippen molar-refractivity contribution in [1.29, 1.82) is 0 Å². The number of carbonyl (C=O) groups excluding carboxylic acids is 1. The van der Waals surface area contributed by atoms with Crippen molar-refractivity contribution >= 4 is 12.0 Å². The number of rotatable bonds is 4. The lowest BCUT2D eigenvalue weighted by Gasteiger charge is -2.08. The maximum absolute atomic E-state index is 11.6. The summed E-state index contributed by atoms with van der Waals surface area (Å²) in [5.41, 5.74) is 2.03. The Labute approximate surface area is 110 Å². The lowest BCUT2D eigenvalue weighted by atomic mass is 10.1. The Hall–Kier alpha value is -2.50. The number of nitrogens with one attached hydrogen (secondary N) is 2. The average molecular weight is 261 g/mol. The predicted octanol–water partition coefficient (Wildman–Crippen LogP) is 2.31. The maximum Gasteiger partial charge on any atom is 0.323 e. The van der Waals surface area contributed by atoms with Gasteiger partial charge in [-0.05, 0) is 30.2 Å². The summed E-state index contributed by atoms with van der Waals surface area (Å²) in [6, 6.07) is 5.57. The van der Waals surface area contributed by atoms with Crippen LogP contribution in [-0.4, -0.2) is 18.1 Å². The van der Waals surface area contributed by atoms with Gasteiger partial charge in [-0.25, -0.2) is 9.78 Å². The third kappa shape index (κ3) is 3.74. The SMILES string of the molecule is COc1cc(C)cc(CNC(=O)Nc2ncco2)c1. The highest BCUT2D eigenvalue weighted by Crippen LogP contribution is 2.16. The van der Waals surface area contributed by atoms with Crippen LogP contribution in [0.2, 0.25) is 0 Å². The van der Waals surface area contributed by atoms with E-state index < -0.39 is 0 Å². The molecule has 2 amide bonds. The van der Waals surface area contributed by atoms with Gasteiger partial charge in [-0.15, -0.1) is 0 Å². The van der Waals surface area contributed by atoms with Crippen molar-refractivity contribution in [3.63, 3.8) is 0 Å². The predicted molar refractivity (Wildman–Crippen MR) is 70.1 cm³/mol. The minimum Gasteiger partial charge on any atom is -0.497 e. The zero-order valence-electron chi connectivity index (χ0n) is 10.8. The van der Waals surface area contributed by atoms with Crippen molar-refractivity contribution in [2.24, 2.45) is 0 Å². The molecule has 0 aliphatic carbocycles. The van der Waals surface area contributed by atoms with Crippen LogP contribution in [-0.2, 0) is 6.54 Å². The van der Waals surface area contributed by atoms with Gasteiger partial charge >= 0.3 is 12.0 Å². The van der Waals surface area contributed by atoms with E-state index in [1.54, 1.807) is 7.11 Å². The number of aryl methyl sites for hydroxylation is 1. The molecule has 1 aromatic heterocycles. The number of aromatic nitrogens is 1. The molecule has 1 aromatic carbocycles. The van der Waals surface area contributed by atoms with Crippen molar-refractivity contribution in [2.75, 3.05) is 12.4 Å². The van der Waals surface area contributed by atoms with Gasteiger partial charge in [-0.1, -0.05) is 6.07 Å². The minimum absolute atomic E-state index is 0.166. The first kappa shape index (κ1) is 12.9. The lowest BCUT2D eigenvalue weighted by molar-refractivity contribution is 0.251. The Morgan fingerprint density at radius 1 is 1.42 bits per heavy atom. The summed E-state index contributed by atoms with van der Waals surface area (Å²) in [5.74, 6) is 0.768. The number of methoxy groups -OCH3 is 1. The molecule has 0 spiro atoms. The number of ether oxygens (including phenoxy) is 1. The van der Waals surface area contributed by atoms with Crippen molar-refractivity contribution in [2.45, 2.75) is 13.5 Å². The Bertz CT molecular complexity index is 552.